The Labute approximate surface area is 228 Å². The molecule has 0 amide bonds. The van der Waals surface area contributed by atoms with Crippen LogP contribution < -0.4 is 9.47 Å². The van der Waals surface area contributed by atoms with Gasteiger partial charge in [-0.3, -0.25) is 0 Å². The quantitative estimate of drug-likeness (QED) is 0.107. The number of halogens is 1. The van der Waals surface area contributed by atoms with Gasteiger partial charge in [-0.25, -0.2) is 9.18 Å². The van der Waals surface area contributed by atoms with E-state index in [1.807, 2.05) is 19.1 Å². The molecule has 3 nitrogen and oxygen atoms in total. The molecule has 0 aliphatic carbocycles. The molecular formula is C34H43FO3. The third-order valence-corrected chi connectivity index (χ3v) is 6.88. The number of rotatable bonds is 16. The van der Waals surface area contributed by atoms with Gasteiger partial charge in [-0.1, -0.05) is 95.2 Å². The number of unbranched alkanes of at least 4 members (excludes halogenated alkanes) is 7. The summed E-state index contributed by atoms with van der Waals surface area (Å²) in [5.41, 5.74) is 3.69. The molecule has 0 aromatic heterocycles. The molecule has 1 unspecified atom stereocenters. The summed E-state index contributed by atoms with van der Waals surface area (Å²) in [6.45, 7) is 6.36. The Hall–Kier alpha value is -3.14. The number of benzene rings is 3. The van der Waals surface area contributed by atoms with E-state index in [1.54, 1.807) is 18.2 Å². The van der Waals surface area contributed by atoms with E-state index in [0.29, 0.717) is 5.75 Å². The molecule has 0 aliphatic rings. The van der Waals surface area contributed by atoms with Crippen molar-refractivity contribution in [1.82, 2.24) is 0 Å². The molecule has 0 aliphatic heterocycles. The van der Waals surface area contributed by atoms with E-state index in [0.717, 1.165) is 36.8 Å². The zero-order valence-corrected chi connectivity index (χ0v) is 23.3. The molecule has 0 bridgehead atoms. The summed E-state index contributed by atoms with van der Waals surface area (Å²) < 4.78 is 25.8. The highest BCUT2D eigenvalue weighted by atomic mass is 19.1. The predicted molar refractivity (Wildman–Crippen MR) is 155 cm³/mol. The lowest BCUT2D eigenvalue weighted by atomic mass is 10.0. The molecule has 0 heterocycles. The second kappa shape index (κ2) is 16.0. The monoisotopic (exact) mass is 518 g/mol. The molecule has 3 aromatic rings. The van der Waals surface area contributed by atoms with Gasteiger partial charge in [-0.15, -0.1) is 0 Å². The van der Waals surface area contributed by atoms with Crippen molar-refractivity contribution in [2.24, 2.45) is 0 Å². The zero-order valence-electron chi connectivity index (χ0n) is 23.3. The van der Waals surface area contributed by atoms with Crippen LogP contribution >= 0.6 is 0 Å². The first-order valence-electron chi connectivity index (χ1n) is 14.4. The molecule has 0 radical (unpaired) electrons. The summed E-state index contributed by atoms with van der Waals surface area (Å²) in [5.74, 6) is -0.570. The van der Waals surface area contributed by atoms with Gasteiger partial charge in [-0.2, -0.15) is 0 Å². The summed E-state index contributed by atoms with van der Waals surface area (Å²) in [6, 6.07) is 20.3. The van der Waals surface area contributed by atoms with E-state index in [4.69, 9.17) is 9.47 Å². The van der Waals surface area contributed by atoms with Gasteiger partial charge in [-0.05, 0) is 79.6 Å². The normalized spacial score (nSPS) is 11.8. The molecule has 4 heteroatoms. The lowest BCUT2D eigenvalue weighted by molar-refractivity contribution is 0.0734. The summed E-state index contributed by atoms with van der Waals surface area (Å²) in [7, 11) is 0. The van der Waals surface area contributed by atoms with Gasteiger partial charge in [0, 0.05) is 0 Å². The minimum Gasteiger partial charge on any atom is -0.488 e. The maximum atomic E-state index is 14.6. The molecule has 38 heavy (non-hydrogen) atoms. The van der Waals surface area contributed by atoms with Crippen LogP contribution in [0.1, 0.15) is 101 Å². The van der Waals surface area contributed by atoms with Gasteiger partial charge in [0.1, 0.15) is 5.75 Å². The molecule has 3 rings (SSSR count). The molecule has 0 spiro atoms. The van der Waals surface area contributed by atoms with E-state index in [-0.39, 0.29) is 17.4 Å². The topological polar surface area (TPSA) is 35.5 Å². The molecule has 204 valence electrons. The van der Waals surface area contributed by atoms with Crippen molar-refractivity contribution in [2.75, 3.05) is 0 Å². The van der Waals surface area contributed by atoms with Crippen molar-refractivity contribution in [2.45, 2.75) is 97.5 Å². The van der Waals surface area contributed by atoms with Gasteiger partial charge in [0.2, 0.25) is 0 Å². The number of ether oxygens (including phenoxy) is 2. The average Bonchev–Trinajstić information content (AvgIpc) is 2.93. The number of carbonyl (C=O) groups is 1. The summed E-state index contributed by atoms with van der Waals surface area (Å²) >= 11 is 0. The van der Waals surface area contributed by atoms with E-state index in [1.165, 1.54) is 62.6 Å². The Morgan fingerprint density at radius 3 is 2.00 bits per heavy atom. The number of hydrogen-bond acceptors (Lipinski definition) is 3. The molecular weight excluding hydrogens is 475 g/mol. The lowest BCUT2D eigenvalue weighted by Gasteiger charge is -2.15. The smallest absolute Gasteiger partial charge is 0.343 e. The highest BCUT2D eigenvalue weighted by molar-refractivity contribution is 5.91. The van der Waals surface area contributed by atoms with Crippen LogP contribution in [-0.2, 0) is 6.42 Å². The maximum Gasteiger partial charge on any atom is 0.343 e. The first-order valence-corrected chi connectivity index (χ1v) is 14.4. The van der Waals surface area contributed by atoms with Crippen LogP contribution in [0.15, 0.2) is 66.7 Å². The number of aryl methyl sites for hydroxylation is 1. The molecule has 0 N–H and O–H groups in total. The van der Waals surface area contributed by atoms with Crippen molar-refractivity contribution in [3.8, 4) is 22.6 Å². The molecule has 0 fully saturated rings. The van der Waals surface area contributed by atoms with Crippen molar-refractivity contribution in [1.29, 1.82) is 0 Å². The fourth-order valence-corrected chi connectivity index (χ4v) is 4.54. The fraction of sp³-hybridized carbons (Fsp3) is 0.441. The van der Waals surface area contributed by atoms with Crippen LogP contribution in [0.2, 0.25) is 0 Å². The van der Waals surface area contributed by atoms with Gasteiger partial charge < -0.3 is 9.47 Å². The molecule has 3 aromatic carbocycles. The first-order chi connectivity index (χ1) is 18.5. The van der Waals surface area contributed by atoms with E-state index in [9.17, 15) is 9.18 Å². The van der Waals surface area contributed by atoms with Crippen molar-refractivity contribution < 1.29 is 18.7 Å². The van der Waals surface area contributed by atoms with Gasteiger partial charge in [0.05, 0.1) is 11.7 Å². The van der Waals surface area contributed by atoms with Gasteiger partial charge >= 0.3 is 5.97 Å². The van der Waals surface area contributed by atoms with Crippen molar-refractivity contribution in [3.63, 3.8) is 0 Å². The van der Waals surface area contributed by atoms with Crippen LogP contribution in [-0.4, -0.2) is 12.1 Å². The third-order valence-electron chi connectivity index (χ3n) is 6.88. The first kappa shape index (κ1) is 29.4. The van der Waals surface area contributed by atoms with Crippen LogP contribution in [0, 0.1) is 5.82 Å². The van der Waals surface area contributed by atoms with E-state index >= 15 is 0 Å². The summed E-state index contributed by atoms with van der Waals surface area (Å²) in [5, 5.41) is 0. The number of hydrogen-bond donors (Lipinski definition) is 0. The van der Waals surface area contributed by atoms with Crippen LogP contribution in [0.5, 0.6) is 11.5 Å². The fourth-order valence-electron chi connectivity index (χ4n) is 4.54. The van der Waals surface area contributed by atoms with Crippen molar-refractivity contribution >= 4 is 5.97 Å². The van der Waals surface area contributed by atoms with E-state index < -0.39 is 11.8 Å². The lowest BCUT2D eigenvalue weighted by Crippen LogP contribution is -2.13. The standard InChI is InChI=1S/C34H43FO3/c1-4-6-8-10-12-14-27-15-17-28(18-16-27)29-19-22-31(23-20-29)38-34(36)30-21-24-33(32(35)25-30)37-26(3)13-11-9-7-5-2/h15-26H,4-14H2,1-3H3. The minimum absolute atomic E-state index is 0.0792. The van der Waals surface area contributed by atoms with E-state index in [2.05, 4.69) is 38.1 Å². The third kappa shape index (κ3) is 9.63. The second-order valence-corrected chi connectivity index (χ2v) is 10.2. The van der Waals surface area contributed by atoms with Crippen LogP contribution in [0.25, 0.3) is 11.1 Å². The Balaban J connectivity index is 1.51. The highest BCUT2D eigenvalue weighted by Gasteiger charge is 2.15. The molecule has 0 saturated heterocycles. The average molecular weight is 519 g/mol. The van der Waals surface area contributed by atoms with Crippen LogP contribution in [0.3, 0.4) is 0 Å². The summed E-state index contributed by atoms with van der Waals surface area (Å²) in [4.78, 5) is 12.6. The SMILES string of the molecule is CCCCCCCc1ccc(-c2ccc(OC(=O)c3ccc(OC(C)CCCCCC)c(F)c3)cc2)cc1. The van der Waals surface area contributed by atoms with Crippen LogP contribution in [0.4, 0.5) is 4.39 Å². The Morgan fingerprint density at radius 2 is 1.37 bits per heavy atom. The number of carbonyl (C=O) groups excluding carboxylic acids is 1. The second-order valence-electron chi connectivity index (χ2n) is 10.2. The van der Waals surface area contributed by atoms with Gasteiger partial charge in [0.25, 0.3) is 0 Å². The Bertz CT molecular complexity index is 1110. The summed E-state index contributed by atoms with van der Waals surface area (Å²) in [6.07, 6.45) is 12.9. The molecule has 1 atom stereocenters. The zero-order chi connectivity index (χ0) is 27.2. The van der Waals surface area contributed by atoms with Gasteiger partial charge in [0.15, 0.2) is 11.6 Å². The molecule has 0 saturated carbocycles. The largest absolute Gasteiger partial charge is 0.488 e. The van der Waals surface area contributed by atoms with Crippen molar-refractivity contribution in [3.05, 3.63) is 83.7 Å². The Morgan fingerprint density at radius 1 is 0.763 bits per heavy atom. The minimum atomic E-state index is -0.598. The highest BCUT2D eigenvalue weighted by Crippen LogP contribution is 2.25. The number of esters is 1. The maximum absolute atomic E-state index is 14.6. The predicted octanol–water partition coefficient (Wildman–Crippen LogP) is 9.96. The Kier molecular flexibility index (Phi) is 12.4.